The van der Waals surface area contributed by atoms with Crippen molar-refractivity contribution in [1.29, 1.82) is 0 Å². The number of nitrogens with zero attached hydrogens (tertiary/aromatic N) is 1. The van der Waals surface area contributed by atoms with Crippen molar-refractivity contribution in [2.45, 2.75) is 0 Å². The third-order valence-electron chi connectivity index (χ3n) is 1.36. The van der Waals surface area contributed by atoms with E-state index in [-0.39, 0.29) is 19.8 Å². The first-order valence-electron chi connectivity index (χ1n) is 4.46. The van der Waals surface area contributed by atoms with E-state index in [9.17, 15) is 9.36 Å². The fraction of sp³-hybridized carbons (Fsp3) is 0.857. The van der Waals surface area contributed by atoms with Gasteiger partial charge in [0.2, 0.25) is 0 Å². The Morgan fingerprint density at radius 3 is 2.31 bits per heavy atom. The van der Waals surface area contributed by atoms with Gasteiger partial charge in [0.1, 0.15) is 6.61 Å². The van der Waals surface area contributed by atoms with Crippen molar-refractivity contribution in [1.82, 2.24) is 4.90 Å². The molecule has 0 saturated carbocycles. The summed E-state index contributed by atoms with van der Waals surface area (Å²) >= 11 is 0. The van der Waals surface area contributed by atoms with Gasteiger partial charge in [-0.25, -0.2) is 9.36 Å². The summed E-state index contributed by atoms with van der Waals surface area (Å²) in [6.07, 6.45) is -1.47. The van der Waals surface area contributed by atoms with E-state index >= 15 is 0 Å². The molecule has 96 valence electrons. The minimum absolute atomic E-state index is 0.0422. The van der Waals surface area contributed by atoms with E-state index in [2.05, 4.69) is 13.8 Å². The Morgan fingerprint density at radius 2 is 1.81 bits per heavy atom. The summed E-state index contributed by atoms with van der Waals surface area (Å²) < 4.78 is 24.2. The quantitative estimate of drug-likeness (QED) is 0.365. The van der Waals surface area contributed by atoms with Crippen LogP contribution in [0.3, 0.4) is 0 Å². The average molecular weight is 257 g/mol. The van der Waals surface area contributed by atoms with Gasteiger partial charge in [-0.3, -0.25) is 9.05 Å². The Morgan fingerprint density at radius 1 is 1.25 bits per heavy atom. The molecule has 2 N–H and O–H groups in total. The second-order valence-electron chi connectivity index (χ2n) is 3.05. The summed E-state index contributed by atoms with van der Waals surface area (Å²) in [7, 11) is -0.538. The van der Waals surface area contributed by atoms with Crippen LogP contribution in [-0.4, -0.2) is 61.5 Å². The number of rotatable bonds is 8. The van der Waals surface area contributed by atoms with Crippen molar-refractivity contribution in [2.24, 2.45) is 0 Å². The molecule has 0 spiro atoms. The zero-order valence-corrected chi connectivity index (χ0v) is 10.1. The predicted octanol–water partition coefficient (Wildman–Crippen LogP) is 0.376. The van der Waals surface area contributed by atoms with Gasteiger partial charge in [-0.1, -0.05) is 0 Å². The molecule has 0 saturated heterocycles. The lowest BCUT2D eigenvalue weighted by atomic mass is 10.6. The first kappa shape index (κ1) is 15.3. The Hall–Kier alpha value is -0.660. The summed E-state index contributed by atoms with van der Waals surface area (Å²) in [5, 5.41) is 8.10. The van der Waals surface area contributed by atoms with Crippen LogP contribution in [0.5, 0.6) is 0 Å². The second-order valence-corrected chi connectivity index (χ2v) is 4.51. The highest BCUT2D eigenvalue weighted by Gasteiger charge is 2.20. The summed E-state index contributed by atoms with van der Waals surface area (Å²) in [5.41, 5.74) is 0. The molecule has 0 aromatic heterocycles. The molecular weight excluding hydrogens is 241 g/mol. The third-order valence-corrected chi connectivity index (χ3v) is 2.37. The van der Waals surface area contributed by atoms with Gasteiger partial charge >= 0.3 is 14.0 Å². The molecule has 0 radical (unpaired) electrons. The molecule has 0 aromatic carbocycles. The second kappa shape index (κ2) is 7.59. The van der Waals surface area contributed by atoms with Crippen LogP contribution in [0.4, 0.5) is 4.79 Å². The van der Waals surface area contributed by atoms with Gasteiger partial charge in [0.15, 0.2) is 0 Å². The number of carboxylic acid groups (broad SMARTS) is 1. The zero-order valence-electron chi connectivity index (χ0n) is 9.16. The van der Waals surface area contributed by atoms with Crippen LogP contribution in [-0.2, 0) is 18.3 Å². The van der Waals surface area contributed by atoms with Gasteiger partial charge in [-0.15, -0.1) is 0 Å². The predicted molar refractivity (Wildman–Crippen MR) is 54.3 cm³/mol. The lowest BCUT2D eigenvalue weighted by Crippen LogP contribution is -2.18. The third kappa shape index (κ3) is 9.88. The molecular formula is C7H16NO7P. The van der Waals surface area contributed by atoms with Crippen LogP contribution in [0.15, 0.2) is 0 Å². The monoisotopic (exact) mass is 257 g/mol. The van der Waals surface area contributed by atoms with Crippen molar-refractivity contribution < 1.29 is 33.1 Å². The highest BCUT2D eigenvalue weighted by molar-refractivity contribution is 7.47. The molecule has 0 aliphatic heterocycles. The van der Waals surface area contributed by atoms with Crippen LogP contribution in [0, 0.1) is 0 Å². The van der Waals surface area contributed by atoms with E-state index < -0.39 is 14.0 Å². The zero-order chi connectivity index (χ0) is 12.6. The molecule has 0 amide bonds. The van der Waals surface area contributed by atoms with Gasteiger partial charge in [0.05, 0.1) is 13.2 Å². The Kier molecular flexibility index (Phi) is 7.27. The van der Waals surface area contributed by atoms with Gasteiger partial charge in [0.25, 0.3) is 0 Å². The molecule has 1 unspecified atom stereocenters. The summed E-state index contributed by atoms with van der Waals surface area (Å²) in [6, 6.07) is 0. The number of carbonyl (C=O) groups is 1. The fourth-order valence-electron chi connectivity index (χ4n) is 0.658. The fourth-order valence-corrected chi connectivity index (χ4v) is 1.35. The first-order chi connectivity index (χ1) is 7.33. The maximum absolute atomic E-state index is 11.1. The molecule has 0 aliphatic rings. The van der Waals surface area contributed by atoms with Crippen LogP contribution < -0.4 is 0 Å². The lowest BCUT2D eigenvalue weighted by Gasteiger charge is -2.13. The van der Waals surface area contributed by atoms with E-state index in [1.54, 1.807) is 19.0 Å². The maximum Gasteiger partial charge on any atom is 0.505 e. The van der Waals surface area contributed by atoms with Gasteiger partial charge in [-0.05, 0) is 14.1 Å². The van der Waals surface area contributed by atoms with E-state index in [1.165, 1.54) is 0 Å². The molecule has 0 aliphatic carbocycles. The molecule has 0 fully saturated rings. The van der Waals surface area contributed by atoms with Gasteiger partial charge < -0.3 is 19.6 Å². The van der Waals surface area contributed by atoms with E-state index in [1.807, 2.05) is 0 Å². The van der Waals surface area contributed by atoms with Crippen molar-refractivity contribution in [3.63, 3.8) is 0 Å². The van der Waals surface area contributed by atoms with Crippen LogP contribution in [0.1, 0.15) is 0 Å². The number of hydrogen-bond donors (Lipinski definition) is 2. The number of hydrogen-bond acceptors (Lipinski definition) is 6. The summed E-state index contributed by atoms with van der Waals surface area (Å²) in [5.74, 6) is 0. The molecule has 1 atom stereocenters. The van der Waals surface area contributed by atoms with Crippen molar-refractivity contribution in [3.05, 3.63) is 0 Å². The van der Waals surface area contributed by atoms with E-state index in [0.29, 0.717) is 6.54 Å². The van der Waals surface area contributed by atoms with Crippen molar-refractivity contribution in [2.75, 3.05) is 40.5 Å². The molecule has 0 aromatic rings. The van der Waals surface area contributed by atoms with Crippen LogP contribution in [0.2, 0.25) is 0 Å². The van der Waals surface area contributed by atoms with Gasteiger partial charge in [0, 0.05) is 6.54 Å². The Bertz CT molecular complexity index is 257. The van der Waals surface area contributed by atoms with Crippen LogP contribution in [0.25, 0.3) is 0 Å². The highest BCUT2D eigenvalue weighted by Crippen LogP contribution is 2.42. The van der Waals surface area contributed by atoms with E-state index in [4.69, 9.17) is 10.00 Å². The smallest absolute Gasteiger partial charge is 0.450 e. The molecule has 8 nitrogen and oxygen atoms in total. The van der Waals surface area contributed by atoms with Crippen molar-refractivity contribution in [3.8, 4) is 0 Å². The molecule has 9 heteroatoms. The number of likely N-dealkylation sites (N-methyl/N-ethyl adjacent to an activating group) is 1. The van der Waals surface area contributed by atoms with Crippen molar-refractivity contribution >= 4 is 14.0 Å². The maximum atomic E-state index is 11.1. The largest absolute Gasteiger partial charge is 0.505 e. The lowest BCUT2D eigenvalue weighted by molar-refractivity contribution is 0.0659. The topological polar surface area (TPSA) is 106 Å². The minimum atomic E-state index is -4.11. The standard InChI is InChI=1S/C7H16NO7P/c1-8(2)3-4-14-16(11,12)15-6-5-13-7(9)10/h3-6H2,1-2H3,(H,9,10)(H,11,12). The van der Waals surface area contributed by atoms with Gasteiger partial charge in [-0.2, -0.15) is 0 Å². The van der Waals surface area contributed by atoms with E-state index in [0.717, 1.165) is 0 Å². The molecule has 16 heavy (non-hydrogen) atoms. The highest BCUT2D eigenvalue weighted by atomic mass is 31.2. The number of phosphoric ester groups is 1. The molecule has 0 rings (SSSR count). The normalized spacial score (nSPS) is 14.8. The Balaban J connectivity index is 3.62. The average Bonchev–Trinajstić information content (AvgIpc) is 2.11. The molecule has 0 heterocycles. The first-order valence-corrected chi connectivity index (χ1v) is 5.95. The molecule has 0 bridgehead atoms. The minimum Gasteiger partial charge on any atom is -0.450 e. The summed E-state index contributed by atoms with van der Waals surface area (Å²) in [6.45, 7) is -0.140. The SMILES string of the molecule is CN(C)CCOP(=O)(O)OCCOC(=O)O. The summed E-state index contributed by atoms with van der Waals surface area (Å²) in [4.78, 5) is 20.8. The number of phosphoric acid groups is 1. The van der Waals surface area contributed by atoms with Crippen LogP contribution >= 0.6 is 7.82 Å². The number of ether oxygens (including phenoxy) is 1. The Labute approximate surface area is 93.3 Å².